The minimum atomic E-state index is -0.535. The maximum Gasteiger partial charge on any atom is 0.217 e. The van der Waals surface area contributed by atoms with Crippen molar-refractivity contribution < 1.29 is 4.39 Å². The van der Waals surface area contributed by atoms with Crippen molar-refractivity contribution in [2.24, 2.45) is 0 Å². The van der Waals surface area contributed by atoms with Gasteiger partial charge in [-0.2, -0.15) is 4.39 Å². The van der Waals surface area contributed by atoms with E-state index < -0.39 is 5.95 Å². The molecule has 0 aliphatic rings. The Bertz CT molecular complexity index is 445. The van der Waals surface area contributed by atoms with E-state index in [1.54, 1.807) is 0 Å². The van der Waals surface area contributed by atoms with Gasteiger partial charge in [0.25, 0.3) is 0 Å². The molecule has 0 aliphatic heterocycles. The first-order valence-corrected chi connectivity index (χ1v) is 5.49. The molecule has 1 N–H and O–H groups in total. The highest BCUT2D eigenvalue weighted by molar-refractivity contribution is 9.10. The zero-order valence-corrected chi connectivity index (χ0v) is 9.91. The Morgan fingerprint density at radius 1 is 1.25 bits per heavy atom. The number of aromatic nitrogens is 2. The molecule has 0 saturated heterocycles. The summed E-state index contributed by atoms with van der Waals surface area (Å²) in [5.41, 5.74) is 1.09. The van der Waals surface area contributed by atoms with Gasteiger partial charge in [0.15, 0.2) is 0 Å². The van der Waals surface area contributed by atoms with E-state index in [-0.39, 0.29) is 0 Å². The minimum Gasteiger partial charge on any atom is -0.366 e. The molecule has 5 heteroatoms. The second-order valence-electron chi connectivity index (χ2n) is 3.21. The van der Waals surface area contributed by atoms with Gasteiger partial charge in [0, 0.05) is 17.1 Å². The summed E-state index contributed by atoms with van der Waals surface area (Å²) in [6.07, 6.45) is 1.19. The lowest BCUT2D eigenvalue weighted by atomic mass is 10.2. The fourth-order valence-electron chi connectivity index (χ4n) is 1.27. The maximum absolute atomic E-state index is 12.8. The number of hydrogen-bond acceptors (Lipinski definition) is 3. The number of halogens is 2. The van der Waals surface area contributed by atoms with E-state index in [1.165, 1.54) is 12.4 Å². The third-order valence-corrected chi connectivity index (χ3v) is 2.49. The second-order valence-corrected chi connectivity index (χ2v) is 4.13. The monoisotopic (exact) mass is 281 g/mol. The van der Waals surface area contributed by atoms with Crippen LogP contribution in [0.4, 0.5) is 10.2 Å². The molecule has 16 heavy (non-hydrogen) atoms. The quantitative estimate of drug-likeness (QED) is 0.879. The maximum atomic E-state index is 12.8. The van der Waals surface area contributed by atoms with Crippen LogP contribution in [0.1, 0.15) is 5.56 Å². The van der Waals surface area contributed by atoms with E-state index in [0.717, 1.165) is 10.0 Å². The molecule has 2 aromatic rings. The first kappa shape index (κ1) is 11.0. The van der Waals surface area contributed by atoms with Crippen LogP contribution < -0.4 is 5.32 Å². The average Bonchev–Trinajstić information content (AvgIpc) is 2.27. The minimum absolute atomic E-state index is 0.479. The summed E-state index contributed by atoms with van der Waals surface area (Å²) in [4.78, 5) is 7.29. The summed E-state index contributed by atoms with van der Waals surface area (Å²) in [5, 5.41) is 3.02. The molecule has 0 amide bonds. The highest BCUT2D eigenvalue weighted by atomic mass is 79.9. The first-order chi connectivity index (χ1) is 7.74. The molecule has 0 atom stereocenters. The van der Waals surface area contributed by atoms with E-state index in [4.69, 9.17) is 0 Å². The van der Waals surface area contributed by atoms with Crippen molar-refractivity contribution in [1.29, 1.82) is 0 Å². The van der Waals surface area contributed by atoms with Crippen LogP contribution in [0.25, 0.3) is 0 Å². The van der Waals surface area contributed by atoms with Gasteiger partial charge in [-0.1, -0.05) is 28.1 Å². The molecule has 3 nitrogen and oxygen atoms in total. The third-order valence-electron chi connectivity index (χ3n) is 2.00. The summed E-state index contributed by atoms with van der Waals surface area (Å²) >= 11 is 3.39. The van der Waals surface area contributed by atoms with Crippen LogP contribution in [0.15, 0.2) is 41.1 Å². The molecule has 1 aromatic carbocycles. The van der Waals surface area contributed by atoms with E-state index in [1.807, 2.05) is 24.3 Å². The Hall–Kier alpha value is -1.49. The summed E-state index contributed by atoms with van der Waals surface area (Å²) in [5.74, 6) is -0.0563. The van der Waals surface area contributed by atoms with Gasteiger partial charge in [-0.25, -0.2) is 9.97 Å². The van der Waals surface area contributed by atoms with E-state index >= 15 is 0 Å². The number of hydrogen-bond donors (Lipinski definition) is 1. The van der Waals surface area contributed by atoms with Gasteiger partial charge in [0.1, 0.15) is 12.1 Å². The predicted molar refractivity (Wildman–Crippen MR) is 63.5 cm³/mol. The van der Waals surface area contributed by atoms with Gasteiger partial charge >= 0.3 is 0 Å². The SMILES string of the molecule is Fc1cc(NCc2cccc(Br)c2)ncn1. The second kappa shape index (κ2) is 5.03. The number of nitrogens with one attached hydrogen (secondary N) is 1. The van der Waals surface area contributed by atoms with Crippen molar-refractivity contribution >= 4 is 21.7 Å². The van der Waals surface area contributed by atoms with Crippen LogP contribution in [0.3, 0.4) is 0 Å². The molecule has 0 radical (unpaired) electrons. The fraction of sp³-hybridized carbons (Fsp3) is 0.0909. The number of rotatable bonds is 3. The zero-order valence-electron chi connectivity index (χ0n) is 8.32. The molecular formula is C11H9BrFN3. The standard InChI is InChI=1S/C11H9BrFN3/c12-9-3-1-2-8(4-9)6-14-11-5-10(13)15-7-16-11/h1-5,7H,6H2,(H,14,15,16). The molecule has 1 aromatic heterocycles. The highest BCUT2D eigenvalue weighted by Crippen LogP contribution is 2.13. The summed E-state index contributed by atoms with van der Waals surface area (Å²) in [6, 6.07) is 9.13. The van der Waals surface area contributed by atoms with Crippen LogP contribution in [-0.2, 0) is 6.54 Å². The van der Waals surface area contributed by atoms with Crippen molar-refractivity contribution in [3.63, 3.8) is 0 Å². The largest absolute Gasteiger partial charge is 0.366 e. The van der Waals surface area contributed by atoms with Gasteiger partial charge < -0.3 is 5.32 Å². The van der Waals surface area contributed by atoms with Gasteiger partial charge in [-0.05, 0) is 17.7 Å². The Labute approximate surface area is 101 Å². The molecule has 1 heterocycles. The van der Waals surface area contributed by atoms with Crippen molar-refractivity contribution in [2.75, 3.05) is 5.32 Å². The number of anilines is 1. The van der Waals surface area contributed by atoms with Crippen LogP contribution in [0.5, 0.6) is 0 Å². The first-order valence-electron chi connectivity index (χ1n) is 4.70. The zero-order chi connectivity index (χ0) is 11.4. The highest BCUT2D eigenvalue weighted by Gasteiger charge is 1.98. The molecule has 0 unspecified atom stereocenters. The number of benzene rings is 1. The van der Waals surface area contributed by atoms with Gasteiger partial charge in [0.2, 0.25) is 5.95 Å². The Kier molecular flexibility index (Phi) is 3.46. The lowest BCUT2D eigenvalue weighted by Crippen LogP contribution is -2.02. The summed E-state index contributed by atoms with van der Waals surface area (Å²) < 4.78 is 13.8. The molecular weight excluding hydrogens is 273 g/mol. The molecule has 0 aliphatic carbocycles. The van der Waals surface area contributed by atoms with Crippen molar-refractivity contribution in [1.82, 2.24) is 9.97 Å². The Morgan fingerprint density at radius 3 is 2.88 bits per heavy atom. The van der Waals surface area contributed by atoms with E-state index in [2.05, 4.69) is 31.2 Å². The van der Waals surface area contributed by atoms with Crippen molar-refractivity contribution in [3.05, 3.63) is 52.6 Å². The third kappa shape index (κ3) is 3.00. The normalized spacial score (nSPS) is 10.1. The van der Waals surface area contributed by atoms with Crippen molar-refractivity contribution in [3.8, 4) is 0 Å². The van der Waals surface area contributed by atoms with Crippen LogP contribution in [-0.4, -0.2) is 9.97 Å². The number of nitrogens with zero attached hydrogens (tertiary/aromatic N) is 2. The van der Waals surface area contributed by atoms with Gasteiger partial charge in [0.05, 0.1) is 0 Å². The molecule has 0 bridgehead atoms. The van der Waals surface area contributed by atoms with Gasteiger partial charge in [-0.15, -0.1) is 0 Å². The van der Waals surface area contributed by atoms with Crippen molar-refractivity contribution in [2.45, 2.75) is 6.54 Å². The lowest BCUT2D eigenvalue weighted by molar-refractivity contribution is 0.580. The summed E-state index contributed by atoms with van der Waals surface area (Å²) in [7, 11) is 0. The van der Waals surface area contributed by atoms with Crippen LogP contribution >= 0.6 is 15.9 Å². The Balaban J connectivity index is 2.02. The molecule has 0 spiro atoms. The smallest absolute Gasteiger partial charge is 0.217 e. The van der Waals surface area contributed by atoms with Crippen LogP contribution in [0.2, 0.25) is 0 Å². The average molecular weight is 282 g/mol. The van der Waals surface area contributed by atoms with Crippen LogP contribution in [0, 0.1) is 5.95 Å². The molecule has 2 rings (SSSR count). The van der Waals surface area contributed by atoms with E-state index in [9.17, 15) is 4.39 Å². The van der Waals surface area contributed by atoms with E-state index in [0.29, 0.717) is 12.4 Å². The fourth-order valence-corrected chi connectivity index (χ4v) is 1.72. The lowest BCUT2D eigenvalue weighted by Gasteiger charge is -2.05. The molecule has 0 fully saturated rings. The van der Waals surface area contributed by atoms with Gasteiger partial charge in [-0.3, -0.25) is 0 Å². The molecule has 0 saturated carbocycles. The Morgan fingerprint density at radius 2 is 2.12 bits per heavy atom. The predicted octanol–water partition coefficient (Wildman–Crippen LogP) is 2.99. The summed E-state index contributed by atoms with van der Waals surface area (Å²) in [6.45, 7) is 0.593. The molecule has 82 valence electrons. The topological polar surface area (TPSA) is 37.8 Å².